The van der Waals surface area contributed by atoms with Crippen molar-refractivity contribution < 1.29 is 9.47 Å². The molecule has 0 amide bonds. The summed E-state index contributed by atoms with van der Waals surface area (Å²) in [6.07, 6.45) is 4.00. The van der Waals surface area contributed by atoms with Crippen molar-refractivity contribution in [2.45, 2.75) is 51.8 Å². The molecule has 1 saturated heterocycles. The Morgan fingerprint density at radius 1 is 1.58 bits per heavy atom. The Labute approximate surface area is 115 Å². The van der Waals surface area contributed by atoms with Gasteiger partial charge in [-0.25, -0.2) is 0 Å². The third-order valence-electron chi connectivity index (χ3n) is 3.95. The van der Waals surface area contributed by atoms with Gasteiger partial charge in [-0.3, -0.25) is 4.68 Å². The van der Waals surface area contributed by atoms with Gasteiger partial charge in [-0.1, -0.05) is 6.92 Å². The zero-order chi connectivity index (χ0) is 14.0. The highest BCUT2D eigenvalue weighted by atomic mass is 16.5. The Morgan fingerprint density at radius 2 is 2.32 bits per heavy atom. The van der Waals surface area contributed by atoms with Crippen LogP contribution in [0, 0.1) is 5.92 Å². The van der Waals surface area contributed by atoms with Crippen molar-refractivity contribution >= 4 is 0 Å². The van der Waals surface area contributed by atoms with Gasteiger partial charge in [0.2, 0.25) is 0 Å². The van der Waals surface area contributed by atoms with E-state index in [1.165, 1.54) is 0 Å². The molecule has 0 radical (unpaired) electrons. The maximum Gasteiger partial charge on any atom is 0.161 e. The number of methoxy groups -OCH3 is 1. The largest absolute Gasteiger partial charge is 0.493 e. The summed E-state index contributed by atoms with van der Waals surface area (Å²) in [7, 11) is 1.67. The highest BCUT2D eigenvalue weighted by molar-refractivity contribution is 5.29. The zero-order valence-electron chi connectivity index (χ0n) is 12.3. The highest BCUT2D eigenvalue weighted by Crippen LogP contribution is 2.37. The lowest BCUT2D eigenvalue weighted by molar-refractivity contribution is 0.0802. The molecule has 1 aliphatic rings. The van der Waals surface area contributed by atoms with Crippen molar-refractivity contribution in [3.63, 3.8) is 0 Å². The lowest BCUT2D eigenvalue weighted by atomic mass is 9.89. The number of hydrogen-bond donors (Lipinski definition) is 1. The second kappa shape index (κ2) is 5.92. The topological polar surface area (TPSA) is 62.3 Å². The van der Waals surface area contributed by atoms with Crippen molar-refractivity contribution in [2.75, 3.05) is 13.7 Å². The van der Waals surface area contributed by atoms with Crippen LogP contribution in [-0.4, -0.2) is 29.6 Å². The minimum atomic E-state index is -0.0905. The maximum atomic E-state index is 6.50. The molecule has 0 bridgehead atoms. The Hall–Kier alpha value is -1.07. The van der Waals surface area contributed by atoms with Crippen molar-refractivity contribution in [3.8, 4) is 5.75 Å². The van der Waals surface area contributed by atoms with E-state index in [2.05, 4.69) is 25.9 Å². The van der Waals surface area contributed by atoms with Crippen LogP contribution in [0.5, 0.6) is 5.75 Å². The highest BCUT2D eigenvalue weighted by Gasteiger charge is 2.35. The SMILES string of the molecule is CCC1OCCC1C(N)c1c(OC)cnn1C(C)C. The molecular weight excluding hydrogens is 242 g/mol. The summed E-state index contributed by atoms with van der Waals surface area (Å²) in [5.41, 5.74) is 7.50. The standard InChI is InChI=1S/C14H25N3O2/c1-5-11-10(6-7-19-11)13(15)14-12(18-4)8-16-17(14)9(2)3/h8-11,13H,5-7,15H2,1-4H3. The summed E-state index contributed by atoms with van der Waals surface area (Å²) < 4.78 is 13.1. The molecule has 2 rings (SSSR count). The molecule has 5 heteroatoms. The normalized spacial score (nSPS) is 24.9. The van der Waals surface area contributed by atoms with Crippen LogP contribution in [0.15, 0.2) is 6.20 Å². The number of ether oxygens (including phenoxy) is 2. The number of aromatic nitrogens is 2. The van der Waals surface area contributed by atoms with E-state index in [1.807, 2.05) is 4.68 Å². The van der Waals surface area contributed by atoms with Gasteiger partial charge in [0.15, 0.2) is 5.75 Å². The molecule has 0 aromatic carbocycles. The minimum Gasteiger partial charge on any atom is -0.493 e. The molecule has 19 heavy (non-hydrogen) atoms. The zero-order valence-corrected chi connectivity index (χ0v) is 12.3. The van der Waals surface area contributed by atoms with Gasteiger partial charge in [0.05, 0.1) is 31.1 Å². The molecule has 2 heterocycles. The Balaban J connectivity index is 2.31. The van der Waals surface area contributed by atoms with Crippen LogP contribution in [0.4, 0.5) is 0 Å². The Bertz CT molecular complexity index is 417. The van der Waals surface area contributed by atoms with Crippen molar-refractivity contribution in [3.05, 3.63) is 11.9 Å². The van der Waals surface area contributed by atoms with Crippen molar-refractivity contribution in [1.29, 1.82) is 0 Å². The van der Waals surface area contributed by atoms with Crippen LogP contribution in [0.3, 0.4) is 0 Å². The summed E-state index contributed by atoms with van der Waals surface area (Å²) in [6, 6.07) is 0.180. The average Bonchev–Trinajstić information content (AvgIpc) is 3.03. The lowest BCUT2D eigenvalue weighted by Crippen LogP contribution is -2.30. The number of hydrogen-bond acceptors (Lipinski definition) is 4. The van der Waals surface area contributed by atoms with Gasteiger partial charge in [-0.15, -0.1) is 0 Å². The van der Waals surface area contributed by atoms with Gasteiger partial charge >= 0.3 is 0 Å². The molecule has 1 aliphatic heterocycles. The number of rotatable bonds is 5. The summed E-state index contributed by atoms with van der Waals surface area (Å²) >= 11 is 0. The van der Waals surface area contributed by atoms with Crippen LogP contribution in [-0.2, 0) is 4.74 Å². The van der Waals surface area contributed by atoms with Crippen LogP contribution >= 0.6 is 0 Å². The minimum absolute atomic E-state index is 0.0905. The second-order valence-corrected chi connectivity index (χ2v) is 5.43. The van der Waals surface area contributed by atoms with E-state index >= 15 is 0 Å². The molecule has 1 aromatic rings. The van der Waals surface area contributed by atoms with E-state index in [1.54, 1.807) is 13.3 Å². The molecule has 5 nitrogen and oxygen atoms in total. The van der Waals surface area contributed by atoms with E-state index in [0.29, 0.717) is 5.92 Å². The first-order valence-corrected chi connectivity index (χ1v) is 7.08. The number of nitrogens with zero attached hydrogens (tertiary/aromatic N) is 2. The fourth-order valence-corrected chi connectivity index (χ4v) is 2.94. The molecule has 3 atom stereocenters. The van der Waals surface area contributed by atoms with E-state index in [4.69, 9.17) is 15.2 Å². The summed E-state index contributed by atoms with van der Waals surface area (Å²) in [5.74, 6) is 1.12. The smallest absolute Gasteiger partial charge is 0.161 e. The molecule has 2 N–H and O–H groups in total. The maximum absolute atomic E-state index is 6.50. The van der Waals surface area contributed by atoms with Crippen molar-refractivity contribution in [2.24, 2.45) is 11.7 Å². The average molecular weight is 267 g/mol. The Kier molecular flexibility index (Phi) is 4.47. The molecule has 0 spiro atoms. The molecule has 0 aliphatic carbocycles. The molecule has 1 fully saturated rings. The predicted octanol–water partition coefficient (Wildman–Crippen LogP) is 2.29. The number of nitrogens with two attached hydrogens (primary N) is 1. The van der Waals surface area contributed by atoms with Gasteiger partial charge in [0, 0.05) is 18.6 Å². The molecular formula is C14H25N3O2. The third-order valence-corrected chi connectivity index (χ3v) is 3.95. The molecule has 1 aromatic heterocycles. The fraction of sp³-hybridized carbons (Fsp3) is 0.786. The van der Waals surface area contributed by atoms with Gasteiger partial charge < -0.3 is 15.2 Å². The first-order valence-electron chi connectivity index (χ1n) is 7.08. The van der Waals surface area contributed by atoms with Crippen LogP contribution in [0.1, 0.15) is 51.4 Å². The first kappa shape index (κ1) is 14.3. The second-order valence-electron chi connectivity index (χ2n) is 5.43. The van der Waals surface area contributed by atoms with E-state index in [9.17, 15) is 0 Å². The molecule has 3 unspecified atom stereocenters. The summed E-state index contributed by atoms with van der Waals surface area (Å²) in [6.45, 7) is 7.15. The first-order chi connectivity index (χ1) is 9.10. The van der Waals surface area contributed by atoms with Gasteiger partial charge in [-0.2, -0.15) is 5.10 Å². The summed E-state index contributed by atoms with van der Waals surface area (Å²) in [5, 5.41) is 4.40. The predicted molar refractivity (Wildman–Crippen MR) is 74.2 cm³/mol. The van der Waals surface area contributed by atoms with Crippen LogP contribution in [0.2, 0.25) is 0 Å². The van der Waals surface area contributed by atoms with E-state index in [-0.39, 0.29) is 18.2 Å². The van der Waals surface area contributed by atoms with Gasteiger partial charge in [-0.05, 0) is 26.7 Å². The monoisotopic (exact) mass is 267 g/mol. The van der Waals surface area contributed by atoms with Crippen molar-refractivity contribution in [1.82, 2.24) is 9.78 Å². The Morgan fingerprint density at radius 3 is 2.89 bits per heavy atom. The molecule has 0 saturated carbocycles. The fourth-order valence-electron chi connectivity index (χ4n) is 2.94. The lowest BCUT2D eigenvalue weighted by Gasteiger charge is -2.26. The summed E-state index contributed by atoms with van der Waals surface area (Å²) in [4.78, 5) is 0. The van der Waals surface area contributed by atoms with Gasteiger partial charge in [0.1, 0.15) is 0 Å². The van der Waals surface area contributed by atoms with Crippen LogP contribution < -0.4 is 10.5 Å². The third kappa shape index (κ3) is 2.62. The quantitative estimate of drug-likeness (QED) is 0.889. The van der Waals surface area contributed by atoms with Crippen LogP contribution in [0.25, 0.3) is 0 Å². The molecule has 108 valence electrons. The van der Waals surface area contributed by atoms with Gasteiger partial charge in [0.25, 0.3) is 0 Å². The van der Waals surface area contributed by atoms with E-state index in [0.717, 1.165) is 30.9 Å². The van der Waals surface area contributed by atoms with E-state index < -0.39 is 0 Å².